The van der Waals surface area contributed by atoms with E-state index in [0.29, 0.717) is 24.5 Å². The quantitative estimate of drug-likeness (QED) is 0.439. The molecule has 2 N–H and O–H groups in total. The van der Waals surface area contributed by atoms with Crippen molar-refractivity contribution in [3.05, 3.63) is 28.2 Å². The number of benzene rings is 1. The third kappa shape index (κ3) is 6.26. The number of hydrogen-bond donors (Lipinski definition) is 2. The molecule has 0 atom stereocenters. The van der Waals surface area contributed by atoms with Gasteiger partial charge in [0, 0.05) is 16.6 Å². The highest BCUT2D eigenvalue weighted by Gasteiger charge is 2.11. The van der Waals surface area contributed by atoms with Crippen LogP contribution in [-0.4, -0.2) is 31.2 Å². The van der Waals surface area contributed by atoms with E-state index in [9.17, 15) is 9.59 Å². The van der Waals surface area contributed by atoms with Crippen LogP contribution in [0.15, 0.2) is 27.8 Å². The summed E-state index contributed by atoms with van der Waals surface area (Å²) in [6.07, 6.45) is 3.10. The molecule has 0 bridgehead atoms. The van der Waals surface area contributed by atoms with E-state index in [4.69, 9.17) is 4.74 Å². The van der Waals surface area contributed by atoms with Gasteiger partial charge in [0.25, 0.3) is 0 Å². The third-order valence-corrected chi connectivity index (χ3v) is 3.04. The Morgan fingerprint density at radius 2 is 2.05 bits per heavy atom. The molecular formula is C15H20BrN3O3. The number of ether oxygens (including phenoxy) is 1. The van der Waals surface area contributed by atoms with Gasteiger partial charge < -0.3 is 10.1 Å². The maximum Gasteiger partial charge on any atom is 0.329 e. The minimum Gasteiger partial charge on any atom is -0.493 e. The average Bonchev–Trinajstić information content (AvgIpc) is 2.51. The molecule has 0 unspecified atom stereocenters. The molecule has 0 saturated carbocycles. The summed E-state index contributed by atoms with van der Waals surface area (Å²) in [5, 5.41) is 6.27. The Kier molecular flexibility index (Phi) is 8.21. The van der Waals surface area contributed by atoms with Gasteiger partial charge in [0.1, 0.15) is 5.75 Å². The van der Waals surface area contributed by atoms with Gasteiger partial charge >= 0.3 is 11.8 Å². The van der Waals surface area contributed by atoms with Gasteiger partial charge in [-0.2, -0.15) is 5.10 Å². The van der Waals surface area contributed by atoms with Crippen molar-refractivity contribution < 1.29 is 14.3 Å². The number of nitrogens with one attached hydrogen (secondary N) is 2. The molecule has 6 nitrogen and oxygen atoms in total. The second kappa shape index (κ2) is 9.94. The van der Waals surface area contributed by atoms with Gasteiger partial charge in [-0.15, -0.1) is 0 Å². The number of nitrogens with zero attached hydrogens (tertiary/aromatic N) is 1. The van der Waals surface area contributed by atoms with Crippen LogP contribution in [0, 0.1) is 0 Å². The van der Waals surface area contributed by atoms with Gasteiger partial charge in [0.05, 0.1) is 12.8 Å². The van der Waals surface area contributed by atoms with Crippen molar-refractivity contribution in [1.29, 1.82) is 0 Å². The van der Waals surface area contributed by atoms with Crippen molar-refractivity contribution in [2.24, 2.45) is 5.10 Å². The highest BCUT2D eigenvalue weighted by Crippen LogP contribution is 2.21. The van der Waals surface area contributed by atoms with Crippen molar-refractivity contribution in [2.45, 2.75) is 26.7 Å². The maximum atomic E-state index is 11.5. The topological polar surface area (TPSA) is 79.8 Å². The molecule has 0 saturated heterocycles. The molecule has 1 rings (SSSR count). The summed E-state index contributed by atoms with van der Waals surface area (Å²) in [4.78, 5) is 22.9. The van der Waals surface area contributed by atoms with Crippen LogP contribution in [0.2, 0.25) is 0 Å². The van der Waals surface area contributed by atoms with Crippen LogP contribution in [0.5, 0.6) is 5.75 Å². The fourth-order valence-corrected chi connectivity index (χ4v) is 1.87. The molecule has 0 aliphatic rings. The van der Waals surface area contributed by atoms with Crippen molar-refractivity contribution in [1.82, 2.24) is 10.7 Å². The monoisotopic (exact) mass is 369 g/mol. The van der Waals surface area contributed by atoms with E-state index in [-0.39, 0.29) is 0 Å². The Bertz CT molecular complexity index is 547. The molecule has 22 heavy (non-hydrogen) atoms. The molecule has 120 valence electrons. The second-order valence-corrected chi connectivity index (χ2v) is 5.40. The van der Waals surface area contributed by atoms with Gasteiger partial charge in [-0.25, -0.2) is 5.43 Å². The van der Waals surface area contributed by atoms with E-state index >= 15 is 0 Å². The van der Waals surface area contributed by atoms with Gasteiger partial charge in [-0.3, -0.25) is 9.59 Å². The molecule has 0 aromatic heterocycles. The average molecular weight is 370 g/mol. The zero-order chi connectivity index (χ0) is 16.4. The third-order valence-electron chi connectivity index (χ3n) is 2.55. The standard InChI is InChI=1S/C15H20BrN3O3/c1-3-7-17-14(20)15(21)19-18-10-11-9-12(16)5-6-13(11)22-8-4-2/h5-6,9-10H,3-4,7-8H2,1-2H3,(H,17,20)(H,19,21)/b18-10-. The first-order chi connectivity index (χ1) is 10.6. The lowest BCUT2D eigenvalue weighted by atomic mass is 10.2. The molecule has 0 heterocycles. The molecule has 0 aliphatic heterocycles. The zero-order valence-electron chi connectivity index (χ0n) is 12.7. The van der Waals surface area contributed by atoms with Crippen molar-refractivity contribution >= 4 is 34.0 Å². The SMILES string of the molecule is CCCNC(=O)C(=O)N/N=C\c1cc(Br)ccc1OCCC. The van der Waals surface area contributed by atoms with Crippen LogP contribution in [0.3, 0.4) is 0 Å². The lowest BCUT2D eigenvalue weighted by molar-refractivity contribution is -0.139. The Labute approximate surface area is 138 Å². The number of carbonyl (C=O) groups excluding carboxylic acids is 2. The number of hydrogen-bond acceptors (Lipinski definition) is 4. The number of rotatable bonds is 7. The molecule has 2 amide bonds. The summed E-state index contributed by atoms with van der Waals surface area (Å²) >= 11 is 3.37. The second-order valence-electron chi connectivity index (χ2n) is 4.49. The first-order valence-electron chi connectivity index (χ1n) is 7.12. The largest absolute Gasteiger partial charge is 0.493 e. The summed E-state index contributed by atoms with van der Waals surface area (Å²) < 4.78 is 6.46. The predicted molar refractivity (Wildman–Crippen MR) is 89.0 cm³/mol. The van der Waals surface area contributed by atoms with E-state index in [0.717, 1.165) is 17.3 Å². The van der Waals surface area contributed by atoms with Gasteiger partial charge in [0.15, 0.2) is 0 Å². The van der Waals surface area contributed by atoms with Crippen molar-refractivity contribution in [3.63, 3.8) is 0 Å². The van der Waals surface area contributed by atoms with E-state index in [2.05, 4.69) is 31.8 Å². The molecule has 7 heteroatoms. The highest BCUT2D eigenvalue weighted by molar-refractivity contribution is 9.10. The van der Waals surface area contributed by atoms with E-state index in [1.807, 2.05) is 32.0 Å². The summed E-state index contributed by atoms with van der Waals surface area (Å²) in [6, 6.07) is 5.49. The predicted octanol–water partition coefficient (Wildman–Crippen LogP) is 2.21. The lowest BCUT2D eigenvalue weighted by Crippen LogP contribution is -2.38. The summed E-state index contributed by atoms with van der Waals surface area (Å²) in [5.41, 5.74) is 2.90. The normalized spacial score (nSPS) is 10.5. The fourth-order valence-electron chi connectivity index (χ4n) is 1.49. The molecule has 0 fully saturated rings. The lowest BCUT2D eigenvalue weighted by Gasteiger charge is -2.08. The molecule has 0 aliphatic carbocycles. The Hall–Kier alpha value is -1.89. The minimum atomic E-state index is -0.796. The Balaban J connectivity index is 2.66. The van der Waals surface area contributed by atoms with Crippen molar-refractivity contribution in [3.8, 4) is 5.75 Å². The molecule has 0 radical (unpaired) electrons. The first-order valence-corrected chi connectivity index (χ1v) is 7.91. The smallest absolute Gasteiger partial charge is 0.329 e. The number of halogens is 1. The first kappa shape index (κ1) is 18.2. The maximum absolute atomic E-state index is 11.5. The summed E-state index contributed by atoms with van der Waals surface area (Å²) in [6.45, 7) is 4.97. The minimum absolute atomic E-state index is 0.455. The van der Waals surface area contributed by atoms with Gasteiger partial charge in [-0.05, 0) is 31.0 Å². The van der Waals surface area contributed by atoms with Gasteiger partial charge in [-0.1, -0.05) is 29.8 Å². The fraction of sp³-hybridized carbons (Fsp3) is 0.400. The van der Waals surface area contributed by atoms with E-state index < -0.39 is 11.8 Å². The van der Waals surface area contributed by atoms with Gasteiger partial charge in [0.2, 0.25) is 0 Å². The van der Waals surface area contributed by atoms with E-state index in [1.54, 1.807) is 0 Å². The van der Waals surface area contributed by atoms with Crippen LogP contribution < -0.4 is 15.5 Å². The summed E-state index contributed by atoms with van der Waals surface area (Å²) in [7, 11) is 0. The number of hydrazone groups is 1. The van der Waals surface area contributed by atoms with Crippen LogP contribution in [-0.2, 0) is 9.59 Å². The Morgan fingerprint density at radius 1 is 1.27 bits per heavy atom. The summed E-state index contributed by atoms with van der Waals surface area (Å²) in [5.74, 6) is -0.829. The molecule has 1 aromatic rings. The van der Waals surface area contributed by atoms with E-state index in [1.165, 1.54) is 6.21 Å². The van der Waals surface area contributed by atoms with Crippen LogP contribution in [0.4, 0.5) is 0 Å². The van der Waals surface area contributed by atoms with Crippen LogP contribution in [0.1, 0.15) is 32.3 Å². The van der Waals surface area contributed by atoms with Crippen LogP contribution in [0.25, 0.3) is 0 Å². The van der Waals surface area contributed by atoms with Crippen LogP contribution >= 0.6 is 15.9 Å². The molecular weight excluding hydrogens is 350 g/mol. The van der Waals surface area contributed by atoms with Crippen molar-refractivity contribution in [2.75, 3.05) is 13.2 Å². The Morgan fingerprint density at radius 3 is 2.73 bits per heavy atom. The zero-order valence-corrected chi connectivity index (χ0v) is 14.3. The molecule has 0 spiro atoms. The molecule has 1 aromatic carbocycles. The highest BCUT2D eigenvalue weighted by atomic mass is 79.9. The number of amides is 2. The number of carbonyl (C=O) groups is 2.